The summed E-state index contributed by atoms with van der Waals surface area (Å²) in [4.78, 5) is 17.7. The van der Waals surface area contributed by atoms with Crippen molar-refractivity contribution in [3.63, 3.8) is 0 Å². The third-order valence-electron chi connectivity index (χ3n) is 3.83. The van der Waals surface area contributed by atoms with Crippen molar-refractivity contribution in [1.82, 2.24) is 10.3 Å². The van der Waals surface area contributed by atoms with E-state index in [4.69, 9.17) is 4.74 Å². The van der Waals surface area contributed by atoms with Gasteiger partial charge in [-0.3, -0.25) is 4.79 Å². The maximum Gasteiger partial charge on any atom is 0.246 e. The normalized spacial score (nSPS) is 17.8. The smallest absolute Gasteiger partial charge is 0.246 e. The molecule has 0 saturated heterocycles. The van der Waals surface area contributed by atoms with E-state index in [9.17, 15) is 4.79 Å². The van der Waals surface area contributed by atoms with E-state index < -0.39 is 0 Å². The molecule has 1 heterocycles. The molecule has 0 aliphatic heterocycles. The summed E-state index contributed by atoms with van der Waals surface area (Å²) >= 11 is 1.82. The van der Waals surface area contributed by atoms with Gasteiger partial charge in [0.05, 0.1) is 17.3 Å². The van der Waals surface area contributed by atoms with E-state index in [1.54, 1.807) is 0 Å². The summed E-state index contributed by atoms with van der Waals surface area (Å²) in [5.41, 5.74) is 1.30. The fourth-order valence-electron chi connectivity index (χ4n) is 2.48. The lowest BCUT2D eigenvalue weighted by Gasteiger charge is -2.06. The Hall–Kier alpha value is -0.940. The molecule has 110 valence electrons. The molecule has 0 atom stereocenters. The van der Waals surface area contributed by atoms with Gasteiger partial charge in [0.2, 0.25) is 5.91 Å². The Labute approximate surface area is 123 Å². The number of rotatable bonds is 7. The lowest BCUT2D eigenvalue weighted by molar-refractivity contribution is -0.125. The summed E-state index contributed by atoms with van der Waals surface area (Å²) in [6.07, 6.45) is 8.25. The molecule has 0 aromatic carbocycles. The molecule has 2 aliphatic rings. The van der Waals surface area contributed by atoms with E-state index in [-0.39, 0.29) is 12.5 Å². The highest BCUT2D eigenvalue weighted by Crippen LogP contribution is 2.28. The molecule has 4 nitrogen and oxygen atoms in total. The molecule has 5 heteroatoms. The molecule has 1 aromatic rings. The Morgan fingerprint density at radius 1 is 1.35 bits per heavy atom. The van der Waals surface area contributed by atoms with E-state index in [1.165, 1.54) is 42.7 Å². The predicted molar refractivity (Wildman–Crippen MR) is 79.0 cm³/mol. The molecular formula is C15H22N2O2S. The zero-order valence-corrected chi connectivity index (χ0v) is 12.6. The first-order valence-corrected chi connectivity index (χ1v) is 8.45. The summed E-state index contributed by atoms with van der Waals surface area (Å²) in [7, 11) is 0. The zero-order chi connectivity index (χ0) is 13.8. The Morgan fingerprint density at radius 3 is 3.00 bits per heavy atom. The van der Waals surface area contributed by atoms with E-state index in [0.29, 0.717) is 12.5 Å². The summed E-state index contributed by atoms with van der Waals surface area (Å²) in [5, 5.41) is 4.07. The van der Waals surface area contributed by atoms with Crippen molar-refractivity contribution in [2.45, 2.75) is 44.9 Å². The Kier molecular flexibility index (Phi) is 4.68. The van der Waals surface area contributed by atoms with Crippen LogP contribution >= 0.6 is 11.3 Å². The number of nitrogens with zero attached hydrogens (tertiary/aromatic N) is 1. The van der Waals surface area contributed by atoms with E-state index in [1.807, 2.05) is 11.3 Å². The van der Waals surface area contributed by atoms with Crippen LogP contribution in [0.5, 0.6) is 0 Å². The number of aromatic nitrogens is 1. The molecule has 1 amide bonds. The standard InChI is InChI=1S/C15H22N2O2S/c18-14(10-19-9-11-5-6-11)16-8-7-15-17-12-3-1-2-4-13(12)20-15/h11H,1-10H2,(H,16,18). The molecule has 1 aromatic heterocycles. The predicted octanol–water partition coefficient (Wildman–Crippen LogP) is 2.11. The fourth-order valence-corrected chi connectivity index (χ4v) is 3.63. The van der Waals surface area contributed by atoms with Gasteiger partial charge in [-0.05, 0) is 44.4 Å². The van der Waals surface area contributed by atoms with Gasteiger partial charge in [0.15, 0.2) is 0 Å². The molecule has 0 unspecified atom stereocenters. The monoisotopic (exact) mass is 294 g/mol. The average molecular weight is 294 g/mol. The Bertz CT molecular complexity index is 445. The van der Waals surface area contributed by atoms with Crippen LogP contribution in [0.15, 0.2) is 0 Å². The van der Waals surface area contributed by atoms with Crippen molar-refractivity contribution < 1.29 is 9.53 Å². The first kappa shape index (κ1) is 14.0. The van der Waals surface area contributed by atoms with E-state index in [0.717, 1.165) is 24.5 Å². The largest absolute Gasteiger partial charge is 0.371 e. The van der Waals surface area contributed by atoms with Gasteiger partial charge >= 0.3 is 0 Å². The molecule has 2 aliphatic carbocycles. The minimum atomic E-state index is -0.00744. The topological polar surface area (TPSA) is 51.2 Å². The maximum absolute atomic E-state index is 11.6. The third-order valence-corrected chi connectivity index (χ3v) is 5.05. The lowest BCUT2D eigenvalue weighted by Crippen LogP contribution is -2.29. The molecule has 1 saturated carbocycles. The van der Waals surface area contributed by atoms with Crippen LogP contribution in [-0.4, -0.2) is 30.6 Å². The van der Waals surface area contributed by atoms with Gasteiger partial charge in [-0.25, -0.2) is 4.98 Å². The number of hydrogen-bond acceptors (Lipinski definition) is 4. The van der Waals surface area contributed by atoms with Gasteiger partial charge in [-0.15, -0.1) is 11.3 Å². The van der Waals surface area contributed by atoms with Crippen LogP contribution in [0.25, 0.3) is 0 Å². The Morgan fingerprint density at radius 2 is 2.20 bits per heavy atom. The second kappa shape index (κ2) is 6.68. The second-order valence-corrected chi connectivity index (χ2v) is 6.91. The third kappa shape index (κ3) is 4.03. The van der Waals surface area contributed by atoms with Crippen LogP contribution in [0.4, 0.5) is 0 Å². The van der Waals surface area contributed by atoms with Crippen molar-refractivity contribution in [1.29, 1.82) is 0 Å². The first-order valence-electron chi connectivity index (χ1n) is 7.63. The van der Waals surface area contributed by atoms with Crippen molar-refractivity contribution in [2.75, 3.05) is 19.8 Å². The quantitative estimate of drug-likeness (QED) is 0.838. The average Bonchev–Trinajstić information content (AvgIpc) is 3.17. The van der Waals surface area contributed by atoms with Crippen molar-refractivity contribution in [3.8, 4) is 0 Å². The molecule has 20 heavy (non-hydrogen) atoms. The zero-order valence-electron chi connectivity index (χ0n) is 11.8. The molecule has 3 rings (SSSR count). The summed E-state index contributed by atoms with van der Waals surface area (Å²) in [6, 6.07) is 0. The lowest BCUT2D eigenvalue weighted by atomic mass is 10.0. The van der Waals surface area contributed by atoms with Gasteiger partial charge in [0.25, 0.3) is 0 Å². The minimum absolute atomic E-state index is 0.00744. The first-order chi connectivity index (χ1) is 9.81. The summed E-state index contributed by atoms with van der Waals surface area (Å²) < 4.78 is 5.36. The van der Waals surface area contributed by atoms with E-state index in [2.05, 4.69) is 10.3 Å². The van der Waals surface area contributed by atoms with Crippen LogP contribution in [0, 0.1) is 5.92 Å². The van der Waals surface area contributed by atoms with Crippen LogP contribution in [0.2, 0.25) is 0 Å². The number of thiazole rings is 1. The minimum Gasteiger partial charge on any atom is -0.371 e. The van der Waals surface area contributed by atoms with E-state index >= 15 is 0 Å². The second-order valence-electron chi connectivity index (χ2n) is 5.74. The van der Waals surface area contributed by atoms with Crippen molar-refractivity contribution in [3.05, 3.63) is 15.6 Å². The van der Waals surface area contributed by atoms with Gasteiger partial charge in [0.1, 0.15) is 6.61 Å². The number of hydrogen-bond donors (Lipinski definition) is 1. The molecular weight excluding hydrogens is 272 g/mol. The van der Waals surface area contributed by atoms with Gasteiger partial charge in [0, 0.05) is 17.8 Å². The summed E-state index contributed by atoms with van der Waals surface area (Å²) in [6.45, 7) is 1.61. The van der Waals surface area contributed by atoms with Crippen LogP contribution < -0.4 is 5.32 Å². The number of carbonyl (C=O) groups is 1. The molecule has 1 N–H and O–H groups in total. The number of amides is 1. The summed E-state index contributed by atoms with van der Waals surface area (Å²) in [5.74, 6) is 0.705. The van der Waals surface area contributed by atoms with Crippen molar-refractivity contribution in [2.24, 2.45) is 5.92 Å². The number of fused-ring (bicyclic) bond motifs is 1. The van der Waals surface area contributed by atoms with Gasteiger partial charge < -0.3 is 10.1 Å². The molecule has 0 spiro atoms. The highest BCUT2D eigenvalue weighted by Gasteiger charge is 2.21. The van der Waals surface area contributed by atoms with Crippen LogP contribution in [0.3, 0.4) is 0 Å². The van der Waals surface area contributed by atoms with Gasteiger partial charge in [-0.1, -0.05) is 0 Å². The van der Waals surface area contributed by atoms with Gasteiger partial charge in [-0.2, -0.15) is 0 Å². The molecule has 1 fully saturated rings. The molecule has 0 bridgehead atoms. The number of ether oxygens (including phenoxy) is 1. The maximum atomic E-state index is 11.6. The molecule has 0 radical (unpaired) electrons. The van der Waals surface area contributed by atoms with Crippen molar-refractivity contribution >= 4 is 17.2 Å². The number of nitrogens with one attached hydrogen (secondary N) is 1. The SMILES string of the molecule is O=C(COCC1CC1)NCCc1nc2c(s1)CCCC2. The van der Waals surface area contributed by atoms with Crippen LogP contribution in [0.1, 0.15) is 41.3 Å². The highest BCUT2D eigenvalue weighted by molar-refractivity contribution is 7.11. The number of carbonyl (C=O) groups excluding carboxylic acids is 1. The number of aryl methyl sites for hydroxylation is 2. The van der Waals surface area contributed by atoms with Crippen LogP contribution in [-0.2, 0) is 28.8 Å². The Balaban J connectivity index is 1.34. The fraction of sp³-hybridized carbons (Fsp3) is 0.733. The highest BCUT2D eigenvalue weighted by atomic mass is 32.1.